The van der Waals surface area contributed by atoms with Gasteiger partial charge in [-0.1, -0.05) is 57.5 Å². The molecule has 0 radical (unpaired) electrons. The predicted octanol–water partition coefficient (Wildman–Crippen LogP) is 1.25. The van der Waals surface area contributed by atoms with Crippen molar-refractivity contribution in [1.82, 2.24) is 4.90 Å². The zero-order valence-electron chi connectivity index (χ0n) is 15.5. The van der Waals surface area contributed by atoms with E-state index in [0.29, 0.717) is 12.8 Å². The quantitative estimate of drug-likeness (QED) is 0.605. The summed E-state index contributed by atoms with van der Waals surface area (Å²) in [5, 5.41) is 0. The van der Waals surface area contributed by atoms with E-state index in [1.807, 2.05) is 44.2 Å². The molecule has 1 atom stereocenters. The van der Waals surface area contributed by atoms with Crippen LogP contribution in [0.4, 0.5) is 4.79 Å². The minimum Gasteiger partial charge on any atom is -0.447 e. The number of ether oxygens (including phenoxy) is 1. The molecule has 24 heavy (non-hydrogen) atoms. The van der Waals surface area contributed by atoms with E-state index in [9.17, 15) is 9.59 Å². The van der Waals surface area contributed by atoms with Crippen molar-refractivity contribution in [2.24, 2.45) is 5.92 Å². The minimum atomic E-state index is -0.508. The molecule has 1 saturated heterocycles. The topological polar surface area (TPSA) is 46.6 Å². The summed E-state index contributed by atoms with van der Waals surface area (Å²) in [6.07, 6.45) is 2.79. The third-order valence-electron chi connectivity index (χ3n) is 3.48. The summed E-state index contributed by atoms with van der Waals surface area (Å²) >= 11 is 0. The Morgan fingerprint density at radius 3 is 2.42 bits per heavy atom. The van der Waals surface area contributed by atoms with Crippen LogP contribution in [-0.2, 0) is 16.0 Å². The Hall–Kier alpha value is -1.24. The van der Waals surface area contributed by atoms with Gasteiger partial charge in [0, 0.05) is 6.42 Å². The van der Waals surface area contributed by atoms with Crippen molar-refractivity contribution in [3.8, 4) is 0 Å². The molecule has 1 aliphatic rings. The molecule has 0 spiro atoms. The summed E-state index contributed by atoms with van der Waals surface area (Å²) < 4.78 is 5.02. The molecular weight excluding hydrogens is 297 g/mol. The van der Waals surface area contributed by atoms with Crippen molar-refractivity contribution in [2.75, 3.05) is 6.61 Å². The molecule has 1 aromatic rings. The molecule has 0 aromatic heterocycles. The van der Waals surface area contributed by atoms with Crippen molar-refractivity contribution >= 4 is 12.0 Å². The van der Waals surface area contributed by atoms with Crippen molar-refractivity contribution < 1.29 is 33.2 Å². The number of amides is 2. The largest absolute Gasteiger partial charge is 1.00 e. The summed E-state index contributed by atoms with van der Waals surface area (Å²) in [4.78, 5) is 25.1. The van der Waals surface area contributed by atoms with Gasteiger partial charge in [0.05, 0.1) is 6.04 Å². The predicted molar refractivity (Wildman–Crippen MR) is 91.8 cm³/mol. The second kappa shape index (κ2) is 12.2. The fraction of sp³-hybridized carbons (Fsp3) is 0.526. The molecule has 2 rings (SSSR count). The maximum Gasteiger partial charge on any atom is 1.00 e. The van der Waals surface area contributed by atoms with Crippen molar-refractivity contribution in [3.63, 3.8) is 0 Å². The fourth-order valence-corrected chi connectivity index (χ4v) is 2.25. The number of nitrogens with zero attached hydrogens (tertiary/aromatic N) is 1. The molecule has 1 fully saturated rings. The number of unbranched alkanes of at least 4 members (excludes halogenated alkanes) is 1. The van der Waals surface area contributed by atoms with Gasteiger partial charge in [0.1, 0.15) is 6.61 Å². The summed E-state index contributed by atoms with van der Waals surface area (Å²) in [6.45, 7) is 9.94. The van der Waals surface area contributed by atoms with E-state index in [2.05, 4.69) is 13.8 Å². The minimum absolute atomic E-state index is 0. The maximum absolute atomic E-state index is 12.1. The molecule has 0 N–H and O–H groups in total. The first-order valence-corrected chi connectivity index (χ1v) is 8.31. The molecule has 5 heteroatoms. The molecule has 0 unspecified atom stereocenters. The number of cyclic esters (lactones) is 1. The number of carbonyl (C=O) groups is 2. The summed E-state index contributed by atoms with van der Waals surface area (Å²) in [7, 11) is 0. The van der Waals surface area contributed by atoms with Crippen LogP contribution < -0.4 is 18.9 Å². The summed E-state index contributed by atoms with van der Waals surface area (Å²) in [6, 6.07) is 9.66. The van der Waals surface area contributed by atoms with E-state index in [0.717, 1.165) is 12.0 Å². The monoisotopic (exact) mass is 325 g/mol. The van der Waals surface area contributed by atoms with Gasteiger partial charge in [0.15, 0.2) is 0 Å². The van der Waals surface area contributed by atoms with Crippen molar-refractivity contribution in [2.45, 2.75) is 52.5 Å². The number of hydrogen-bond donors (Lipinski definition) is 0. The Kier molecular flexibility index (Phi) is 11.5. The van der Waals surface area contributed by atoms with Crippen LogP contribution in [0.25, 0.3) is 0 Å². The first kappa shape index (κ1) is 22.8. The average Bonchev–Trinajstić information content (AvgIpc) is 2.88. The van der Waals surface area contributed by atoms with E-state index in [4.69, 9.17) is 4.74 Å². The van der Waals surface area contributed by atoms with Crippen LogP contribution in [-0.4, -0.2) is 29.5 Å². The molecule has 0 bridgehead atoms. The summed E-state index contributed by atoms with van der Waals surface area (Å²) in [5.74, 6) is 0.0942. The van der Waals surface area contributed by atoms with Gasteiger partial charge in [-0.2, -0.15) is 6.42 Å². The van der Waals surface area contributed by atoms with Gasteiger partial charge in [-0.05, 0) is 17.9 Å². The second-order valence-corrected chi connectivity index (χ2v) is 6.14. The molecule has 0 saturated carbocycles. The molecule has 1 aliphatic heterocycles. The van der Waals surface area contributed by atoms with Crippen molar-refractivity contribution in [3.05, 3.63) is 42.8 Å². The van der Waals surface area contributed by atoms with Crippen LogP contribution in [0.2, 0.25) is 0 Å². The maximum atomic E-state index is 12.1. The van der Waals surface area contributed by atoms with E-state index in [1.165, 1.54) is 11.3 Å². The van der Waals surface area contributed by atoms with Gasteiger partial charge < -0.3 is 11.7 Å². The van der Waals surface area contributed by atoms with Gasteiger partial charge in [0.2, 0.25) is 5.91 Å². The Morgan fingerprint density at radius 2 is 1.92 bits per heavy atom. The Bertz CT molecular complexity index is 489. The third kappa shape index (κ3) is 7.55. The van der Waals surface area contributed by atoms with Crippen LogP contribution in [0.3, 0.4) is 0 Å². The van der Waals surface area contributed by atoms with E-state index >= 15 is 0 Å². The third-order valence-corrected chi connectivity index (χ3v) is 3.48. The van der Waals surface area contributed by atoms with Gasteiger partial charge in [0.25, 0.3) is 0 Å². The second-order valence-electron chi connectivity index (χ2n) is 6.14. The molecule has 128 valence electrons. The van der Waals surface area contributed by atoms with Crippen molar-refractivity contribution in [1.29, 1.82) is 0 Å². The molecule has 1 aromatic carbocycles. The number of carbonyl (C=O) groups excluding carboxylic acids is 2. The van der Waals surface area contributed by atoms with Gasteiger partial charge in [-0.15, -0.1) is 0 Å². The van der Waals surface area contributed by atoms with Crippen LogP contribution in [0, 0.1) is 12.8 Å². The molecule has 4 nitrogen and oxygen atoms in total. The number of rotatable bonds is 5. The van der Waals surface area contributed by atoms with Crippen LogP contribution in [0.5, 0.6) is 0 Å². The Morgan fingerprint density at radius 1 is 1.33 bits per heavy atom. The smallest absolute Gasteiger partial charge is 0.447 e. The number of benzene rings is 1. The molecule has 2 amide bonds. The van der Waals surface area contributed by atoms with Gasteiger partial charge in [-0.3, -0.25) is 4.79 Å². The SMILES string of the molecule is CC(C)CC(=O)N1C(=O)OC[C@H]1Cc1ccccc1.[CH2-]CCC.[Li+]. The molecule has 1 heterocycles. The fourth-order valence-electron chi connectivity index (χ4n) is 2.25. The first-order valence-electron chi connectivity index (χ1n) is 8.31. The number of imide groups is 1. The zero-order chi connectivity index (χ0) is 17.2. The first-order chi connectivity index (χ1) is 11.0. The Balaban J connectivity index is 0.000000954. The van der Waals surface area contributed by atoms with Gasteiger partial charge >= 0.3 is 25.0 Å². The average molecular weight is 325 g/mol. The van der Waals surface area contributed by atoms with Gasteiger partial charge in [-0.25, -0.2) is 9.69 Å². The molecule has 0 aliphatic carbocycles. The molecular formula is C19H28LiNO3. The van der Waals surface area contributed by atoms with E-state index in [-0.39, 0.29) is 43.3 Å². The van der Waals surface area contributed by atoms with E-state index < -0.39 is 6.09 Å². The van der Waals surface area contributed by atoms with Crippen LogP contribution in [0.1, 0.15) is 45.6 Å². The standard InChI is InChI=1S/C15H19NO3.C4H9.Li/c1-11(2)8-14(17)16-13(10-19-15(16)18)9-12-6-4-3-5-7-12;1-3-4-2;/h3-7,11,13H,8-10H2,1-2H3;1,3-4H2,2H3;/q;-1;+1/t13-;;/m1../s1. The van der Waals surface area contributed by atoms with Crippen LogP contribution in [0.15, 0.2) is 30.3 Å². The normalized spacial score (nSPS) is 16.1. The van der Waals surface area contributed by atoms with Crippen LogP contribution >= 0.6 is 0 Å². The summed E-state index contributed by atoms with van der Waals surface area (Å²) in [5.41, 5.74) is 1.10. The zero-order valence-corrected chi connectivity index (χ0v) is 15.5. The number of hydrogen-bond acceptors (Lipinski definition) is 3. The van der Waals surface area contributed by atoms with E-state index in [1.54, 1.807) is 0 Å². The Labute approximate surface area is 158 Å².